The van der Waals surface area contributed by atoms with Gasteiger partial charge in [0.15, 0.2) is 0 Å². The Bertz CT molecular complexity index is 1260. The molecule has 30 heavy (non-hydrogen) atoms. The van der Waals surface area contributed by atoms with E-state index in [0.29, 0.717) is 6.54 Å². The zero-order chi connectivity index (χ0) is 21.1. The summed E-state index contributed by atoms with van der Waals surface area (Å²) in [5, 5.41) is 2.39. The molecule has 0 fully saturated rings. The van der Waals surface area contributed by atoms with Crippen molar-refractivity contribution in [2.45, 2.75) is 13.8 Å². The second kappa shape index (κ2) is 8.42. The van der Waals surface area contributed by atoms with Gasteiger partial charge in [-0.05, 0) is 56.3 Å². The minimum Gasteiger partial charge on any atom is -0.342 e. The molecule has 1 aromatic heterocycles. The van der Waals surface area contributed by atoms with Crippen LogP contribution in [0, 0.1) is 0 Å². The van der Waals surface area contributed by atoms with Crippen LogP contribution in [0.5, 0.6) is 0 Å². The molecule has 3 aromatic carbocycles. The second-order valence-corrected chi connectivity index (χ2v) is 7.31. The maximum absolute atomic E-state index is 13.5. The molecule has 0 aliphatic rings. The third kappa shape index (κ3) is 3.67. The van der Waals surface area contributed by atoms with Crippen LogP contribution in [0.25, 0.3) is 27.5 Å². The lowest BCUT2D eigenvalue weighted by molar-refractivity contribution is 0.664. The lowest BCUT2D eigenvalue weighted by atomic mass is 10.1. The van der Waals surface area contributed by atoms with Crippen molar-refractivity contribution in [2.75, 3.05) is 11.4 Å². The molecule has 2 nitrogen and oxygen atoms in total. The smallest absolute Gasteiger partial charge is 0.118 e. The van der Waals surface area contributed by atoms with Gasteiger partial charge in [0, 0.05) is 34.4 Å². The number of aromatic nitrogens is 1. The quantitative estimate of drug-likeness (QED) is 0.305. The van der Waals surface area contributed by atoms with E-state index < -0.39 is 0 Å². The van der Waals surface area contributed by atoms with Gasteiger partial charge < -0.3 is 9.47 Å². The summed E-state index contributed by atoms with van der Waals surface area (Å²) in [4.78, 5) is 2.09. The van der Waals surface area contributed by atoms with E-state index in [0.717, 1.165) is 22.6 Å². The maximum atomic E-state index is 13.5. The minimum absolute atomic E-state index is 0.238. The Balaban J connectivity index is 1.86. The highest BCUT2D eigenvalue weighted by Gasteiger charge is 2.14. The van der Waals surface area contributed by atoms with E-state index in [2.05, 4.69) is 82.8 Å². The number of halogens is 1. The van der Waals surface area contributed by atoms with Gasteiger partial charge in [-0.1, -0.05) is 55.1 Å². The SMILES string of the molecule is C=C(C)N(C/C=C\C(F)=C/C)c1ccc2c(c1)c1ccccc1n2-c1ccccc1. The first-order valence-electron chi connectivity index (χ1n) is 10.1. The fourth-order valence-corrected chi connectivity index (χ4v) is 3.83. The van der Waals surface area contributed by atoms with Crippen molar-refractivity contribution in [3.05, 3.63) is 109 Å². The van der Waals surface area contributed by atoms with Crippen LogP contribution in [0.3, 0.4) is 0 Å². The van der Waals surface area contributed by atoms with Gasteiger partial charge in [0.1, 0.15) is 5.83 Å². The largest absolute Gasteiger partial charge is 0.342 e. The molecule has 0 spiro atoms. The molecule has 0 N–H and O–H groups in total. The molecule has 0 aliphatic carbocycles. The Labute approximate surface area is 176 Å². The Morgan fingerprint density at radius 1 is 0.967 bits per heavy atom. The number of benzene rings is 3. The molecule has 0 amide bonds. The summed E-state index contributed by atoms with van der Waals surface area (Å²) in [6.45, 7) is 8.34. The van der Waals surface area contributed by atoms with Crippen LogP contribution in [0.4, 0.5) is 10.1 Å². The van der Waals surface area contributed by atoms with E-state index in [4.69, 9.17) is 0 Å². The Morgan fingerprint density at radius 2 is 1.67 bits per heavy atom. The zero-order valence-corrected chi connectivity index (χ0v) is 17.3. The first-order chi connectivity index (χ1) is 14.6. The van der Waals surface area contributed by atoms with E-state index in [9.17, 15) is 4.39 Å². The first kappa shape index (κ1) is 19.7. The van der Waals surface area contributed by atoms with Gasteiger partial charge in [-0.3, -0.25) is 0 Å². The molecule has 0 saturated carbocycles. The van der Waals surface area contributed by atoms with Crippen molar-refractivity contribution >= 4 is 27.5 Å². The standard InChI is InChI=1S/C27H25FN2/c1-4-21(28)11-10-18-29(20(2)3)23-16-17-27-25(19-23)24-14-8-9-15-26(24)30(27)22-12-6-5-7-13-22/h4-17,19H,2,18H2,1,3H3/b11-10-,21-4+. The average molecular weight is 397 g/mol. The van der Waals surface area contributed by atoms with E-state index >= 15 is 0 Å². The van der Waals surface area contributed by atoms with Crippen LogP contribution in [0.1, 0.15) is 13.8 Å². The van der Waals surface area contributed by atoms with E-state index in [1.165, 1.54) is 28.4 Å². The summed E-state index contributed by atoms with van der Waals surface area (Å²) in [5.41, 5.74) is 5.41. The molecule has 0 aliphatic heterocycles. The van der Waals surface area contributed by atoms with Crippen LogP contribution in [0.2, 0.25) is 0 Å². The Hall–Kier alpha value is -3.59. The van der Waals surface area contributed by atoms with Crippen LogP contribution >= 0.6 is 0 Å². The molecule has 1 heterocycles. The molecule has 4 aromatic rings. The lowest BCUT2D eigenvalue weighted by Crippen LogP contribution is -2.20. The monoisotopic (exact) mass is 396 g/mol. The number of nitrogens with zero attached hydrogens (tertiary/aromatic N) is 2. The van der Waals surface area contributed by atoms with Crippen molar-refractivity contribution in [2.24, 2.45) is 0 Å². The highest BCUT2D eigenvalue weighted by atomic mass is 19.1. The average Bonchev–Trinajstić information content (AvgIpc) is 3.10. The van der Waals surface area contributed by atoms with Gasteiger partial charge in [-0.2, -0.15) is 0 Å². The van der Waals surface area contributed by atoms with Gasteiger partial charge in [0.05, 0.1) is 11.0 Å². The van der Waals surface area contributed by atoms with E-state index in [-0.39, 0.29) is 5.83 Å². The summed E-state index contributed by atoms with van der Waals surface area (Å²) < 4.78 is 15.8. The highest BCUT2D eigenvalue weighted by molar-refractivity contribution is 6.10. The number of rotatable bonds is 6. The number of fused-ring (bicyclic) bond motifs is 3. The molecule has 0 radical (unpaired) electrons. The number of hydrogen-bond acceptors (Lipinski definition) is 1. The van der Waals surface area contributed by atoms with Crippen molar-refractivity contribution in [1.29, 1.82) is 0 Å². The lowest BCUT2D eigenvalue weighted by Gasteiger charge is -2.23. The van der Waals surface area contributed by atoms with Crippen molar-refractivity contribution in [3.8, 4) is 5.69 Å². The van der Waals surface area contributed by atoms with Gasteiger partial charge in [0.25, 0.3) is 0 Å². The van der Waals surface area contributed by atoms with E-state index in [1.807, 2.05) is 19.1 Å². The summed E-state index contributed by atoms with van der Waals surface area (Å²) in [6, 6.07) is 25.3. The summed E-state index contributed by atoms with van der Waals surface area (Å²) >= 11 is 0. The topological polar surface area (TPSA) is 8.17 Å². The van der Waals surface area contributed by atoms with Crippen LogP contribution in [-0.4, -0.2) is 11.1 Å². The molecule has 0 unspecified atom stereocenters. The molecule has 0 bridgehead atoms. The van der Waals surface area contributed by atoms with Crippen LogP contribution < -0.4 is 4.90 Å². The van der Waals surface area contributed by atoms with Gasteiger partial charge >= 0.3 is 0 Å². The molecule has 3 heteroatoms. The number of anilines is 1. The Morgan fingerprint density at radius 3 is 2.40 bits per heavy atom. The molecule has 4 rings (SSSR count). The Kier molecular flexibility index (Phi) is 5.53. The summed E-state index contributed by atoms with van der Waals surface area (Å²) in [7, 11) is 0. The second-order valence-electron chi connectivity index (χ2n) is 7.31. The molecular weight excluding hydrogens is 371 g/mol. The maximum Gasteiger partial charge on any atom is 0.118 e. The predicted molar refractivity (Wildman–Crippen MR) is 127 cm³/mol. The fourth-order valence-electron chi connectivity index (χ4n) is 3.83. The molecular formula is C27H25FN2. The van der Waals surface area contributed by atoms with Crippen LogP contribution in [-0.2, 0) is 0 Å². The third-order valence-corrected chi connectivity index (χ3v) is 5.28. The van der Waals surface area contributed by atoms with E-state index in [1.54, 1.807) is 6.92 Å². The number of allylic oxidation sites excluding steroid dienone is 4. The first-order valence-corrected chi connectivity index (χ1v) is 10.1. The van der Waals surface area contributed by atoms with Crippen molar-refractivity contribution in [1.82, 2.24) is 4.57 Å². The fraction of sp³-hybridized carbons (Fsp3) is 0.111. The van der Waals surface area contributed by atoms with Crippen LogP contribution in [0.15, 0.2) is 109 Å². The normalized spacial score (nSPS) is 12.2. The van der Waals surface area contributed by atoms with Crippen molar-refractivity contribution in [3.63, 3.8) is 0 Å². The predicted octanol–water partition coefficient (Wildman–Crippen LogP) is 7.55. The van der Waals surface area contributed by atoms with Gasteiger partial charge in [0.2, 0.25) is 0 Å². The van der Waals surface area contributed by atoms with Gasteiger partial charge in [-0.15, -0.1) is 0 Å². The summed E-state index contributed by atoms with van der Waals surface area (Å²) in [5.74, 6) is -0.238. The molecule has 150 valence electrons. The number of hydrogen-bond donors (Lipinski definition) is 0. The third-order valence-electron chi connectivity index (χ3n) is 5.28. The van der Waals surface area contributed by atoms with Gasteiger partial charge in [-0.25, -0.2) is 4.39 Å². The minimum atomic E-state index is -0.238. The highest BCUT2D eigenvalue weighted by Crippen LogP contribution is 2.34. The number of para-hydroxylation sites is 2. The molecule has 0 saturated heterocycles. The molecule has 0 atom stereocenters. The van der Waals surface area contributed by atoms with Crippen molar-refractivity contribution < 1.29 is 4.39 Å². The zero-order valence-electron chi connectivity index (χ0n) is 17.3. The summed E-state index contributed by atoms with van der Waals surface area (Å²) in [6.07, 6.45) is 4.77.